The molecule has 0 fully saturated rings. The van der Waals surface area contributed by atoms with Gasteiger partial charge in [0.1, 0.15) is 5.82 Å². The highest BCUT2D eigenvalue weighted by Crippen LogP contribution is 2.30. The zero-order chi connectivity index (χ0) is 13.1. The number of anilines is 2. The van der Waals surface area contributed by atoms with Crippen molar-refractivity contribution in [3.8, 4) is 5.88 Å². The molecular formula is C11H17N5OS. The van der Waals surface area contributed by atoms with E-state index in [1.54, 1.807) is 23.1 Å². The van der Waals surface area contributed by atoms with Crippen LogP contribution in [0.5, 0.6) is 5.88 Å². The summed E-state index contributed by atoms with van der Waals surface area (Å²) < 4.78 is 7.04. The monoisotopic (exact) mass is 267 g/mol. The van der Waals surface area contributed by atoms with E-state index in [9.17, 15) is 0 Å². The molecule has 6 nitrogen and oxygen atoms in total. The van der Waals surface area contributed by atoms with Crippen LogP contribution in [0.1, 0.15) is 4.88 Å². The predicted octanol–water partition coefficient (Wildman–Crippen LogP) is 1.56. The minimum Gasteiger partial charge on any atom is -0.480 e. The molecule has 0 aromatic carbocycles. The van der Waals surface area contributed by atoms with Gasteiger partial charge in [0.25, 0.3) is 0 Å². The number of nitrogens with one attached hydrogen (secondary N) is 1. The summed E-state index contributed by atoms with van der Waals surface area (Å²) in [5.74, 6) is 1.52. The molecule has 0 aliphatic heterocycles. The molecule has 98 valence electrons. The summed E-state index contributed by atoms with van der Waals surface area (Å²) >= 11 is 1.61. The number of ether oxygens (including phenoxy) is 1. The van der Waals surface area contributed by atoms with Gasteiger partial charge in [-0.2, -0.15) is 10.1 Å². The fraction of sp³-hybridized carbons (Fsp3) is 0.455. The predicted molar refractivity (Wildman–Crippen MR) is 73.5 cm³/mol. The number of aromatic nitrogens is 3. The van der Waals surface area contributed by atoms with E-state index in [-0.39, 0.29) is 0 Å². The summed E-state index contributed by atoms with van der Waals surface area (Å²) in [4.78, 5) is 7.43. The maximum Gasteiger partial charge on any atom is 0.231 e. The Bertz CT molecular complexity index is 519. The van der Waals surface area contributed by atoms with Gasteiger partial charge in [-0.25, -0.2) is 0 Å². The normalized spacial score (nSPS) is 10.4. The van der Waals surface area contributed by atoms with E-state index in [4.69, 9.17) is 4.74 Å². The standard InChI is InChI=1S/C11H17N5OS/c1-15(2)11-13-10(17-4)8(18-11)7-12-9-5-6-16(3)14-9/h5-6H,7H2,1-4H3,(H,12,14). The molecule has 2 rings (SSSR count). The fourth-order valence-corrected chi connectivity index (χ4v) is 2.36. The molecule has 0 atom stereocenters. The molecule has 0 saturated carbocycles. The number of rotatable bonds is 5. The molecule has 1 N–H and O–H groups in total. The first-order valence-electron chi connectivity index (χ1n) is 5.54. The van der Waals surface area contributed by atoms with Crippen molar-refractivity contribution in [2.24, 2.45) is 7.05 Å². The number of hydrogen-bond acceptors (Lipinski definition) is 6. The van der Waals surface area contributed by atoms with Crippen LogP contribution in [0, 0.1) is 0 Å². The largest absolute Gasteiger partial charge is 0.480 e. The van der Waals surface area contributed by atoms with E-state index < -0.39 is 0 Å². The number of thiazole rings is 1. The van der Waals surface area contributed by atoms with Crippen LogP contribution in [-0.4, -0.2) is 36.0 Å². The first kappa shape index (κ1) is 12.7. The number of hydrogen-bond donors (Lipinski definition) is 1. The zero-order valence-corrected chi connectivity index (χ0v) is 11.8. The Kier molecular flexibility index (Phi) is 3.71. The third kappa shape index (κ3) is 2.73. The van der Waals surface area contributed by atoms with E-state index in [1.807, 2.05) is 38.3 Å². The summed E-state index contributed by atoms with van der Waals surface area (Å²) in [7, 11) is 7.46. The Labute approximate surface area is 110 Å². The van der Waals surface area contributed by atoms with E-state index in [1.165, 1.54) is 0 Å². The van der Waals surface area contributed by atoms with Crippen LogP contribution in [0.25, 0.3) is 0 Å². The number of methoxy groups -OCH3 is 1. The van der Waals surface area contributed by atoms with Gasteiger partial charge in [-0.1, -0.05) is 11.3 Å². The molecular weight excluding hydrogens is 250 g/mol. The maximum atomic E-state index is 5.28. The molecule has 2 aromatic rings. The molecule has 0 amide bonds. The van der Waals surface area contributed by atoms with Gasteiger partial charge in [0.2, 0.25) is 5.88 Å². The third-order valence-corrected chi connectivity index (χ3v) is 3.57. The van der Waals surface area contributed by atoms with Gasteiger partial charge in [-0.05, 0) is 0 Å². The lowest BCUT2D eigenvalue weighted by molar-refractivity contribution is 0.397. The molecule has 0 bridgehead atoms. The van der Waals surface area contributed by atoms with Crippen LogP contribution >= 0.6 is 11.3 Å². The lowest BCUT2D eigenvalue weighted by atomic mass is 10.5. The van der Waals surface area contributed by atoms with Crippen LogP contribution in [0.15, 0.2) is 12.3 Å². The Morgan fingerprint density at radius 1 is 1.50 bits per heavy atom. The summed E-state index contributed by atoms with van der Waals surface area (Å²) in [6.07, 6.45) is 1.90. The second-order valence-electron chi connectivity index (χ2n) is 4.05. The maximum absolute atomic E-state index is 5.28. The van der Waals surface area contributed by atoms with E-state index in [2.05, 4.69) is 15.4 Å². The third-order valence-electron chi connectivity index (χ3n) is 2.37. The molecule has 7 heteroatoms. The van der Waals surface area contributed by atoms with E-state index in [0.717, 1.165) is 15.8 Å². The Morgan fingerprint density at radius 2 is 2.28 bits per heavy atom. The average Bonchev–Trinajstić information content (AvgIpc) is 2.92. The second-order valence-corrected chi connectivity index (χ2v) is 5.11. The first-order chi connectivity index (χ1) is 8.60. The van der Waals surface area contributed by atoms with E-state index >= 15 is 0 Å². The molecule has 18 heavy (non-hydrogen) atoms. The second kappa shape index (κ2) is 5.26. The Morgan fingerprint density at radius 3 is 2.83 bits per heavy atom. The fourth-order valence-electron chi connectivity index (χ4n) is 1.47. The lowest BCUT2D eigenvalue weighted by Crippen LogP contribution is -2.07. The zero-order valence-electron chi connectivity index (χ0n) is 11.0. The van der Waals surface area contributed by atoms with Gasteiger partial charge in [0.05, 0.1) is 18.5 Å². The SMILES string of the molecule is COc1nc(N(C)C)sc1CNc1ccn(C)n1. The topological polar surface area (TPSA) is 55.2 Å². The van der Waals surface area contributed by atoms with Gasteiger partial charge in [0, 0.05) is 33.4 Å². The average molecular weight is 267 g/mol. The number of nitrogens with zero attached hydrogens (tertiary/aromatic N) is 4. The molecule has 0 radical (unpaired) electrons. The van der Waals surface area contributed by atoms with Crippen molar-refractivity contribution in [2.75, 3.05) is 31.4 Å². The molecule has 2 heterocycles. The van der Waals surface area contributed by atoms with Crippen LogP contribution in [0.2, 0.25) is 0 Å². The van der Waals surface area contributed by atoms with Gasteiger partial charge in [-0.3, -0.25) is 4.68 Å². The van der Waals surface area contributed by atoms with E-state index in [0.29, 0.717) is 12.4 Å². The highest BCUT2D eigenvalue weighted by Gasteiger charge is 2.13. The molecule has 0 aliphatic rings. The Balaban J connectivity index is 2.08. The summed E-state index contributed by atoms with van der Waals surface area (Å²) in [6.45, 7) is 0.658. The summed E-state index contributed by atoms with van der Waals surface area (Å²) in [5.41, 5.74) is 0. The highest BCUT2D eigenvalue weighted by molar-refractivity contribution is 7.15. The smallest absolute Gasteiger partial charge is 0.231 e. The van der Waals surface area contributed by atoms with Crippen LogP contribution in [-0.2, 0) is 13.6 Å². The quantitative estimate of drug-likeness (QED) is 0.891. The van der Waals surface area contributed by atoms with Crippen LogP contribution in [0.3, 0.4) is 0 Å². The molecule has 0 spiro atoms. The van der Waals surface area contributed by atoms with Crippen LogP contribution < -0.4 is 15.0 Å². The van der Waals surface area contributed by atoms with Gasteiger partial charge in [0.15, 0.2) is 5.13 Å². The molecule has 0 saturated heterocycles. The number of aryl methyl sites for hydroxylation is 1. The first-order valence-corrected chi connectivity index (χ1v) is 6.36. The molecule has 0 aliphatic carbocycles. The summed E-state index contributed by atoms with van der Waals surface area (Å²) in [5, 5.41) is 8.45. The molecule has 0 unspecified atom stereocenters. The highest BCUT2D eigenvalue weighted by atomic mass is 32.1. The minimum absolute atomic E-state index is 0.658. The lowest BCUT2D eigenvalue weighted by Gasteiger charge is -2.04. The van der Waals surface area contributed by atoms with Crippen molar-refractivity contribution < 1.29 is 4.74 Å². The summed E-state index contributed by atoms with van der Waals surface area (Å²) in [6, 6.07) is 1.93. The van der Waals surface area contributed by atoms with Gasteiger partial charge in [-0.15, -0.1) is 0 Å². The van der Waals surface area contributed by atoms with Gasteiger partial charge >= 0.3 is 0 Å². The van der Waals surface area contributed by atoms with Crippen molar-refractivity contribution in [3.63, 3.8) is 0 Å². The van der Waals surface area contributed by atoms with Crippen molar-refractivity contribution in [1.29, 1.82) is 0 Å². The Hall–Kier alpha value is -1.76. The van der Waals surface area contributed by atoms with Gasteiger partial charge < -0.3 is 15.0 Å². The van der Waals surface area contributed by atoms with Crippen molar-refractivity contribution >= 4 is 22.3 Å². The van der Waals surface area contributed by atoms with Crippen LogP contribution in [0.4, 0.5) is 10.9 Å². The van der Waals surface area contributed by atoms with Crippen molar-refractivity contribution in [2.45, 2.75) is 6.54 Å². The van der Waals surface area contributed by atoms with Crippen molar-refractivity contribution in [1.82, 2.24) is 14.8 Å². The van der Waals surface area contributed by atoms with Crippen molar-refractivity contribution in [3.05, 3.63) is 17.1 Å². The minimum atomic E-state index is 0.658. The molecule has 2 aromatic heterocycles.